The van der Waals surface area contributed by atoms with Gasteiger partial charge in [-0.3, -0.25) is 4.98 Å². The largest absolute Gasteiger partial charge is 0.256 e. The van der Waals surface area contributed by atoms with Crippen LogP contribution in [0.4, 0.5) is 0 Å². The van der Waals surface area contributed by atoms with Crippen LogP contribution in [0.25, 0.3) is 0 Å². The molecular formula is C22H24NP. The fourth-order valence-corrected chi connectivity index (χ4v) is 5.89. The molecular weight excluding hydrogens is 309 g/mol. The fraction of sp³-hybridized carbons (Fsp3) is 0.227. The summed E-state index contributed by atoms with van der Waals surface area (Å²) in [6.07, 6.45) is 1.94. The van der Waals surface area contributed by atoms with Crippen molar-refractivity contribution in [3.8, 4) is 0 Å². The monoisotopic (exact) mass is 333 g/mol. The summed E-state index contributed by atoms with van der Waals surface area (Å²) in [4.78, 5) is 4.74. The molecule has 1 aromatic heterocycles. The molecule has 3 aromatic rings. The number of aromatic nitrogens is 1. The molecule has 3 rings (SSSR count). The zero-order valence-corrected chi connectivity index (χ0v) is 16.0. The van der Waals surface area contributed by atoms with Crippen LogP contribution in [-0.4, -0.2) is 4.98 Å². The van der Waals surface area contributed by atoms with E-state index in [1.54, 1.807) is 0 Å². The van der Waals surface area contributed by atoms with E-state index in [1.165, 1.54) is 43.9 Å². The molecule has 0 aliphatic carbocycles. The molecule has 0 fully saturated rings. The molecule has 0 saturated heterocycles. The highest BCUT2D eigenvalue weighted by atomic mass is 31.1. The van der Waals surface area contributed by atoms with Gasteiger partial charge in [0.25, 0.3) is 0 Å². The molecule has 0 aliphatic heterocycles. The van der Waals surface area contributed by atoms with Gasteiger partial charge in [-0.1, -0.05) is 58.7 Å². The van der Waals surface area contributed by atoms with Crippen molar-refractivity contribution in [1.29, 1.82) is 0 Å². The molecule has 122 valence electrons. The minimum Gasteiger partial charge on any atom is -0.256 e. The van der Waals surface area contributed by atoms with E-state index >= 15 is 0 Å². The lowest BCUT2D eigenvalue weighted by atomic mass is 10.2. The van der Waals surface area contributed by atoms with E-state index in [-0.39, 0.29) is 0 Å². The first-order valence-electron chi connectivity index (χ1n) is 8.32. The third kappa shape index (κ3) is 3.74. The van der Waals surface area contributed by atoms with E-state index in [0.717, 1.165) is 0 Å². The molecule has 2 aromatic carbocycles. The number of benzene rings is 2. The van der Waals surface area contributed by atoms with E-state index in [9.17, 15) is 0 Å². The van der Waals surface area contributed by atoms with Crippen molar-refractivity contribution in [3.63, 3.8) is 0 Å². The molecule has 0 unspecified atom stereocenters. The van der Waals surface area contributed by atoms with E-state index in [1.807, 2.05) is 6.20 Å². The van der Waals surface area contributed by atoms with Crippen LogP contribution in [0, 0.1) is 34.6 Å². The van der Waals surface area contributed by atoms with Crippen LogP contribution in [0.5, 0.6) is 0 Å². The third-order valence-corrected chi connectivity index (χ3v) is 6.31. The third-order valence-electron chi connectivity index (χ3n) is 4.06. The van der Waals surface area contributed by atoms with Crippen molar-refractivity contribution in [2.75, 3.05) is 0 Å². The van der Waals surface area contributed by atoms with Gasteiger partial charge in [-0.15, -0.1) is 0 Å². The van der Waals surface area contributed by atoms with Crippen LogP contribution >= 0.6 is 7.92 Å². The predicted octanol–water partition coefficient (Wildman–Crippen LogP) is 4.38. The Bertz CT molecular complexity index is 791. The zero-order chi connectivity index (χ0) is 17.3. The Morgan fingerprint density at radius 1 is 0.583 bits per heavy atom. The summed E-state index contributed by atoms with van der Waals surface area (Å²) in [5.41, 5.74) is 7.70. The maximum atomic E-state index is 4.74. The Kier molecular flexibility index (Phi) is 4.83. The molecule has 0 atom stereocenters. The minimum absolute atomic E-state index is 0.638. The van der Waals surface area contributed by atoms with Gasteiger partial charge in [0, 0.05) is 14.1 Å². The van der Waals surface area contributed by atoms with Crippen LogP contribution in [0.15, 0.2) is 54.7 Å². The zero-order valence-electron chi connectivity index (χ0n) is 15.1. The van der Waals surface area contributed by atoms with Gasteiger partial charge in [0.15, 0.2) is 0 Å². The van der Waals surface area contributed by atoms with E-state index in [4.69, 9.17) is 4.98 Å². The first kappa shape index (κ1) is 16.9. The average Bonchev–Trinajstić information content (AvgIpc) is 2.45. The summed E-state index contributed by atoms with van der Waals surface area (Å²) in [6, 6.07) is 18.1. The first-order valence-corrected chi connectivity index (χ1v) is 9.66. The smallest absolute Gasteiger partial charge is 0.0723 e. The lowest BCUT2D eigenvalue weighted by Gasteiger charge is -2.20. The molecule has 24 heavy (non-hydrogen) atoms. The average molecular weight is 333 g/mol. The molecule has 1 heterocycles. The van der Waals surface area contributed by atoms with Crippen LogP contribution in [-0.2, 0) is 0 Å². The van der Waals surface area contributed by atoms with Gasteiger partial charge in [0.05, 0.1) is 5.44 Å². The highest BCUT2D eigenvalue weighted by Crippen LogP contribution is 2.33. The number of hydrogen-bond donors (Lipinski definition) is 0. The quantitative estimate of drug-likeness (QED) is 0.648. The number of nitrogens with zero attached hydrogens (tertiary/aromatic N) is 1. The number of rotatable bonds is 3. The molecule has 0 amide bonds. The van der Waals surface area contributed by atoms with Crippen molar-refractivity contribution in [3.05, 3.63) is 82.5 Å². The maximum absolute atomic E-state index is 4.74. The second-order valence-corrected chi connectivity index (χ2v) is 8.88. The second kappa shape index (κ2) is 6.87. The summed E-state index contributed by atoms with van der Waals surface area (Å²) < 4.78 is 0. The summed E-state index contributed by atoms with van der Waals surface area (Å²) >= 11 is 0. The fourth-order valence-electron chi connectivity index (χ4n) is 3.22. The van der Waals surface area contributed by atoms with Crippen molar-refractivity contribution in [2.24, 2.45) is 0 Å². The molecule has 2 heteroatoms. The van der Waals surface area contributed by atoms with Crippen LogP contribution in [0.1, 0.15) is 27.8 Å². The number of pyridine rings is 1. The summed E-state index contributed by atoms with van der Waals surface area (Å²) in [7, 11) is -0.638. The highest BCUT2D eigenvalue weighted by Gasteiger charge is 2.19. The van der Waals surface area contributed by atoms with Crippen LogP contribution in [0.3, 0.4) is 0 Å². The number of hydrogen-bond acceptors (Lipinski definition) is 1. The Labute approximate surface area is 146 Å². The summed E-state index contributed by atoms with van der Waals surface area (Å²) in [5.74, 6) is 0. The Morgan fingerprint density at radius 3 is 1.46 bits per heavy atom. The Morgan fingerprint density at radius 2 is 1.04 bits per heavy atom. The van der Waals surface area contributed by atoms with Gasteiger partial charge in [-0.2, -0.15) is 0 Å². The molecule has 1 nitrogen and oxygen atoms in total. The van der Waals surface area contributed by atoms with Crippen molar-refractivity contribution in [1.82, 2.24) is 4.98 Å². The SMILES string of the molecule is Cc1cc(C)cc(P(c2cc(C)cc(C)c2)c2cc(C)ccn2)c1. The lowest BCUT2D eigenvalue weighted by Crippen LogP contribution is -2.24. The van der Waals surface area contributed by atoms with Crippen LogP contribution in [0.2, 0.25) is 0 Å². The van der Waals surface area contributed by atoms with Crippen molar-refractivity contribution in [2.45, 2.75) is 34.6 Å². The standard InChI is InChI=1S/C22H24NP/c1-15-6-7-23-22(14-15)24(20-10-16(2)8-17(3)11-20)21-12-18(4)9-19(5)13-21/h6-14H,1-5H3. The Balaban J connectivity index is 2.24. The highest BCUT2D eigenvalue weighted by molar-refractivity contribution is 7.79. The predicted molar refractivity (Wildman–Crippen MR) is 107 cm³/mol. The van der Waals surface area contributed by atoms with Crippen molar-refractivity contribution >= 4 is 24.0 Å². The van der Waals surface area contributed by atoms with Gasteiger partial charge in [-0.05, 0) is 62.9 Å². The van der Waals surface area contributed by atoms with E-state index in [2.05, 4.69) is 83.1 Å². The summed E-state index contributed by atoms with van der Waals surface area (Å²) in [5, 5.41) is 2.76. The van der Waals surface area contributed by atoms with Gasteiger partial charge >= 0.3 is 0 Å². The van der Waals surface area contributed by atoms with Gasteiger partial charge in [0.2, 0.25) is 0 Å². The second-order valence-electron chi connectivity index (χ2n) is 6.72. The van der Waals surface area contributed by atoms with Gasteiger partial charge in [0.1, 0.15) is 0 Å². The topological polar surface area (TPSA) is 12.9 Å². The van der Waals surface area contributed by atoms with E-state index < -0.39 is 7.92 Å². The normalized spacial score (nSPS) is 11.1. The van der Waals surface area contributed by atoms with Gasteiger partial charge < -0.3 is 0 Å². The molecule has 0 radical (unpaired) electrons. The molecule has 0 bridgehead atoms. The van der Waals surface area contributed by atoms with Crippen molar-refractivity contribution < 1.29 is 0 Å². The maximum Gasteiger partial charge on any atom is 0.0723 e. The Hall–Kier alpha value is -1.98. The molecule has 0 spiro atoms. The minimum atomic E-state index is -0.638. The molecule has 0 N–H and O–H groups in total. The van der Waals surface area contributed by atoms with E-state index in [0.29, 0.717) is 0 Å². The number of aryl methyl sites for hydroxylation is 5. The summed E-state index contributed by atoms with van der Waals surface area (Å²) in [6.45, 7) is 10.8. The lowest BCUT2D eigenvalue weighted by molar-refractivity contribution is 1.33. The first-order chi connectivity index (χ1) is 11.4. The van der Waals surface area contributed by atoms with Crippen LogP contribution < -0.4 is 16.0 Å². The molecule has 0 saturated carbocycles. The van der Waals surface area contributed by atoms with Gasteiger partial charge in [-0.25, -0.2) is 0 Å². The molecule has 0 aliphatic rings.